The lowest BCUT2D eigenvalue weighted by atomic mass is 9.70. The highest BCUT2D eigenvalue weighted by molar-refractivity contribution is 5.79. The van der Waals surface area contributed by atoms with Gasteiger partial charge in [-0.3, -0.25) is 4.79 Å². The van der Waals surface area contributed by atoms with Crippen LogP contribution in [-0.4, -0.2) is 28.6 Å². The van der Waals surface area contributed by atoms with Crippen molar-refractivity contribution in [3.05, 3.63) is 54.1 Å². The molecule has 2 heterocycles. The van der Waals surface area contributed by atoms with Gasteiger partial charge in [-0.1, -0.05) is 49.6 Å². The summed E-state index contributed by atoms with van der Waals surface area (Å²) in [4.78, 5) is 17.7. The number of aryl methyl sites for hydroxylation is 1. The van der Waals surface area contributed by atoms with Crippen molar-refractivity contribution in [1.82, 2.24) is 14.9 Å². The molecule has 0 unspecified atom stereocenters. The van der Waals surface area contributed by atoms with Crippen LogP contribution in [0.25, 0.3) is 0 Å². The Kier molecular flexibility index (Phi) is 6.34. The van der Waals surface area contributed by atoms with E-state index < -0.39 is 0 Å². The van der Waals surface area contributed by atoms with Crippen LogP contribution >= 0.6 is 0 Å². The standard InChI is InChI=1S/C24H33N3O2/c1-27-15-14-25-22(27)21-20(11-8-16-29-21)23(28)26-18-24(12-6-3-7-13-24)17-19-9-4-2-5-10-19/h2,4-5,9-10,14-15,20-21H,3,6-8,11-13,16-18H2,1H3,(H,26,28)/t20-,21-/m1/s1. The molecular weight excluding hydrogens is 362 g/mol. The van der Waals surface area contributed by atoms with Crippen LogP contribution in [0.4, 0.5) is 0 Å². The van der Waals surface area contributed by atoms with E-state index in [1.165, 1.54) is 37.7 Å². The van der Waals surface area contributed by atoms with Gasteiger partial charge in [-0.15, -0.1) is 0 Å². The number of hydrogen-bond donors (Lipinski definition) is 1. The summed E-state index contributed by atoms with van der Waals surface area (Å²) in [6.45, 7) is 1.45. The summed E-state index contributed by atoms with van der Waals surface area (Å²) in [6, 6.07) is 10.7. The molecule has 1 saturated heterocycles. The van der Waals surface area contributed by atoms with Gasteiger partial charge in [0.1, 0.15) is 11.9 Å². The van der Waals surface area contributed by atoms with E-state index in [1.54, 1.807) is 6.20 Å². The van der Waals surface area contributed by atoms with Crippen LogP contribution in [0, 0.1) is 11.3 Å². The van der Waals surface area contributed by atoms with Crippen molar-refractivity contribution in [1.29, 1.82) is 0 Å². The molecule has 1 saturated carbocycles. The van der Waals surface area contributed by atoms with Crippen LogP contribution in [-0.2, 0) is 23.0 Å². The minimum atomic E-state index is -0.250. The smallest absolute Gasteiger partial charge is 0.226 e. The molecule has 5 heteroatoms. The van der Waals surface area contributed by atoms with E-state index in [1.807, 2.05) is 17.8 Å². The lowest BCUT2D eigenvalue weighted by molar-refractivity contribution is -0.136. The molecule has 1 aliphatic heterocycles. The van der Waals surface area contributed by atoms with E-state index in [4.69, 9.17) is 4.74 Å². The van der Waals surface area contributed by atoms with Crippen molar-refractivity contribution in [2.45, 2.75) is 57.5 Å². The predicted octanol–water partition coefficient (Wildman–Crippen LogP) is 4.20. The van der Waals surface area contributed by atoms with Gasteiger partial charge in [0.25, 0.3) is 0 Å². The largest absolute Gasteiger partial charge is 0.369 e. The average Bonchev–Trinajstić information content (AvgIpc) is 3.19. The van der Waals surface area contributed by atoms with Gasteiger partial charge in [0.15, 0.2) is 0 Å². The summed E-state index contributed by atoms with van der Waals surface area (Å²) in [6.07, 6.45) is 12.5. The molecule has 1 aromatic carbocycles. The molecule has 0 bridgehead atoms. The van der Waals surface area contributed by atoms with Gasteiger partial charge in [0.2, 0.25) is 5.91 Å². The number of rotatable bonds is 6. The van der Waals surface area contributed by atoms with Gasteiger partial charge in [-0.05, 0) is 43.1 Å². The van der Waals surface area contributed by atoms with Gasteiger partial charge >= 0.3 is 0 Å². The first-order valence-corrected chi connectivity index (χ1v) is 11.1. The maximum atomic E-state index is 13.2. The Morgan fingerprint density at radius 3 is 2.72 bits per heavy atom. The Morgan fingerprint density at radius 1 is 1.21 bits per heavy atom. The number of nitrogens with one attached hydrogen (secondary N) is 1. The highest BCUT2D eigenvalue weighted by Crippen LogP contribution is 2.39. The van der Waals surface area contributed by atoms with Gasteiger partial charge < -0.3 is 14.6 Å². The number of carbonyl (C=O) groups excluding carboxylic acids is 1. The van der Waals surface area contributed by atoms with Crippen molar-refractivity contribution in [2.75, 3.05) is 13.2 Å². The Labute approximate surface area is 173 Å². The van der Waals surface area contributed by atoms with E-state index in [-0.39, 0.29) is 23.3 Å². The molecule has 156 valence electrons. The Balaban J connectivity index is 1.45. The van der Waals surface area contributed by atoms with Crippen LogP contribution in [0.5, 0.6) is 0 Å². The molecule has 1 aliphatic carbocycles. The molecular formula is C24H33N3O2. The van der Waals surface area contributed by atoms with Crippen LogP contribution in [0.1, 0.15) is 62.4 Å². The summed E-state index contributed by atoms with van der Waals surface area (Å²) < 4.78 is 7.97. The van der Waals surface area contributed by atoms with Crippen LogP contribution in [0.15, 0.2) is 42.7 Å². The van der Waals surface area contributed by atoms with Crippen molar-refractivity contribution in [2.24, 2.45) is 18.4 Å². The SMILES string of the molecule is Cn1ccnc1[C@@H]1OCCC[C@H]1C(=O)NCC1(Cc2ccccc2)CCCCC1. The van der Waals surface area contributed by atoms with Gasteiger partial charge in [0.05, 0.1) is 5.92 Å². The average molecular weight is 396 g/mol. The molecule has 2 aliphatic rings. The topological polar surface area (TPSA) is 56.2 Å². The fourth-order valence-electron chi connectivity index (χ4n) is 5.11. The summed E-state index contributed by atoms with van der Waals surface area (Å²) in [5.41, 5.74) is 1.54. The van der Waals surface area contributed by atoms with E-state index >= 15 is 0 Å². The second kappa shape index (κ2) is 9.12. The molecule has 1 aromatic heterocycles. The van der Waals surface area contributed by atoms with E-state index in [0.717, 1.165) is 31.6 Å². The number of imidazole rings is 1. The minimum Gasteiger partial charge on any atom is -0.369 e. The zero-order valence-electron chi connectivity index (χ0n) is 17.5. The van der Waals surface area contributed by atoms with E-state index in [9.17, 15) is 4.79 Å². The zero-order valence-corrected chi connectivity index (χ0v) is 17.5. The maximum Gasteiger partial charge on any atom is 0.226 e. The lowest BCUT2D eigenvalue weighted by Gasteiger charge is -2.39. The molecule has 0 spiro atoms. The highest BCUT2D eigenvalue weighted by atomic mass is 16.5. The second-order valence-corrected chi connectivity index (χ2v) is 8.88. The number of hydrogen-bond acceptors (Lipinski definition) is 3. The van der Waals surface area contributed by atoms with E-state index in [0.29, 0.717) is 6.61 Å². The number of ether oxygens (including phenoxy) is 1. The van der Waals surface area contributed by atoms with Gasteiger partial charge in [0, 0.05) is 32.6 Å². The molecule has 29 heavy (non-hydrogen) atoms. The van der Waals surface area contributed by atoms with Crippen LogP contribution in [0.3, 0.4) is 0 Å². The number of carbonyl (C=O) groups is 1. The van der Waals surface area contributed by atoms with Crippen molar-refractivity contribution in [3.8, 4) is 0 Å². The zero-order chi connectivity index (χ0) is 20.1. The van der Waals surface area contributed by atoms with Crippen molar-refractivity contribution < 1.29 is 9.53 Å². The second-order valence-electron chi connectivity index (χ2n) is 8.88. The van der Waals surface area contributed by atoms with Gasteiger partial charge in [-0.2, -0.15) is 0 Å². The molecule has 5 nitrogen and oxygen atoms in total. The summed E-state index contributed by atoms with van der Waals surface area (Å²) in [5, 5.41) is 3.34. The third-order valence-electron chi connectivity index (χ3n) is 6.75. The van der Waals surface area contributed by atoms with Crippen molar-refractivity contribution in [3.63, 3.8) is 0 Å². The summed E-state index contributed by atoms with van der Waals surface area (Å²) >= 11 is 0. The predicted molar refractivity (Wildman–Crippen MR) is 113 cm³/mol. The first-order valence-electron chi connectivity index (χ1n) is 11.1. The number of amides is 1. The molecule has 2 atom stereocenters. The molecule has 4 rings (SSSR count). The fraction of sp³-hybridized carbons (Fsp3) is 0.583. The van der Waals surface area contributed by atoms with Crippen molar-refractivity contribution >= 4 is 5.91 Å². The molecule has 1 N–H and O–H groups in total. The number of aromatic nitrogens is 2. The molecule has 1 amide bonds. The monoisotopic (exact) mass is 395 g/mol. The first kappa shape index (κ1) is 20.1. The number of benzene rings is 1. The third kappa shape index (κ3) is 4.72. The summed E-state index contributed by atoms with van der Waals surface area (Å²) in [5.74, 6) is 0.805. The quantitative estimate of drug-likeness (QED) is 0.798. The van der Waals surface area contributed by atoms with Gasteiger partial charge in [-0.25, -0.2) is 4.98 Å². The summed E-state index contributed by atoms with van der Waals surface area (Å²) in [7, 11) is 1.96. The fourth-order valence-corrected chi connectivity index (χ4v) is 5.11. The van der Waals surface area contributed by atoms with Crippen LogP contribution < -0.4 is 5.32 Å². The molecule has 0 radical (unpaired) electrons. The first-order chi connectivity index (χ1) is 14.2. The minimum absolute atomic E-state index is 0.121. The highest BCUT2D eigenvalue weighted by Gasteiger charge is 2.38. The van der Waals surface area contributed by atoms with E-state index in [2.05, 4.69) is 40.6 Å². The third-order valence-corrected chi connectivity index (χ3v) is 6.75. The Bertz CT molecular complexity index is 795. The Morgan fingerprint density at radius 2 is 2.00 bits per heavy atom. The molecule has 2 aromatic rings. The molecule has 2 fully saturated rings. The maximum absolute atomic E-state index is 13.2. The number of nitrogens with zero attached hydrogens (tertiary/aromatic N) is 2. The Hall–Kier alpha value is -2.14. The lowest BCUT2D eigenvalue weighted by Crippen LogP contribution is -2.45. The normalized spacial score (nSPS) is 24.2. The van der Waals surface area contributed by atoms with Crippen LogP contribution in [0.2, 0.25) is 0 Å².